The zero-order chi connectivity index (χ0) is 16.3. The van der Waals surface area contributed by atoms with Gasteiger partial charge < -0.3 is 4.74 Å². The van der Waals surface area contributed by atoms with Gasteiger partial charge in [-0.3, -0.25) is 0 Å². The highest BCUT2D eigenvalue weighted by Gasteiger charge is 2.34. The summed E-state index contributed by atoms with van der Waals surface area (Å²) in [6.07, 6.45) is 0. The van der Waals surface area contributed by atoms with Crippen LogP contribution in [0.15, 0.2) is 54.6 Å². The summed E-state index contributed by atoms with van der Waals surface area (Å²) < 4.78 is 33.0. The van der Waals surface area contributed by atoms with Crippen molar-refractivity contribution in [3.63, 3.8) is 0 Å². The topological polar surface area (TPSA) is 46.6 Å². The molecule has 0 spiro atoms. The van der Waals surface area contributed by atoms with Gasteiger partial charge >= 0.3 is 0 Å². The van der Waals surface area contributed by atoms with Gasteiger partial charge in [-0.1, -0.05) is 54.6 Å². The van der Waals surface area contributed by atoms with Gasteiger partial charge in [0.15, 0.2) is 0 Å². The van der Waals surface area contributed by atoms with Crippen LogP contribution in [0.5, 0.6) is 0 Å². The maximum Gasteiger partial charge on any atom is 0.219 e. The summed E-state index contributed by atoms with van der Waals surface area (Å²) in [5.41, 5.74) is 2.83. The van der Waals surface area contributed by atoms with Gasteiger partial charge in [0, 0.05) is 6.54 Å². The lowest BCUT2D eigenvalue weighted by Gasteiger charge is -2.35. The molecule has 122 valence electrons. The number of benzene rings is 2. The number of morpholine rings is 1. The first-order valence-electron chi connectivity index (χ1n) is 7.74. The van der Waals surface area contributed by atoms with Gasteiger partial charge in [-0.2, -0.15) is 4.31 Å². The van der Waals surface area contributed by atoms with E-state index < -0.39 is 10.0 Å². The zero-order valence-corrected chi connectivity index (χ0v) is 14.0. The van der Waals surface area contributed by atoms with E-state index in [1.165, 1.54) is 0 Å². The predicted octanol–water partition coefficient (Wildman–Crippen LogP) is 2.90. The van der Waals surface area contributed by atoms with Crippen LogP contribution in [-0.2, 0) is 20.5 Å². The van der Waals surface area contributed by atoms with Crippen molar-refractivity contribution in [2.24, 2.45) is 0 Å². The fourth-order valence-electron chi connectivity index (χ4n) is 2.91. The average Bonchev–Trinajstić information content (AvgIpc) is 2.58. The number of hydrogen-bond acceptors (Lipinski definition) is 3. The molecule has 0 N–H and O–H groups in total. The van der Waals surface area contributed by atoms with E-state index in [2.05, 4.69) is 0 Å². The van der Waals surface area contributed by atoms with Gasteiger partial charge in [-0.15, -0.1) is 0 Å². The first kappa shape index (κ1) is 16.2. The van der Waals surface area contributed by atoms with Crippen LogP contribution >= 0.6 is 0 Å². The summed E-state index contributed by atoms with van der Waals surface area (Å²) in [6, 6.07) is 17.1. The standard InChI is InChI=1S/C18H21NO3S/c1-15-7-5-6-10-17(15)14-23(20,21)19-11-12-22-13-18(19)16-8-3-2-4-9-16/h2-10,18H,11-14H2,1H3. The molecular formula is C18H21NO3S. The Bertz CT molecular complexity index is 759. The normalized spacial score (nSPS) is 19.6. The van der Waals surface area contributed by atoms with Crippen LogP contribution in [0, 0.1) is 6.92 Å². The minimum absolute atomic E-state index is 0.0308. The SMILES string of the molecule is Cc1ccccc1CS(=O)(=O)N1CCOCC1c1ccccc1. The molecule has 23 heavy (non-hydrogen) atoms. The monoisotopic (exact) mass is 331 g/mol. The smallest absolute Gasteiger partial charge is 0.219 e. The fourth-order valence-corrected chi connectivity index (χ4v) is 4.72. The molecule has 2 aromatic rings. The van der Waals surface area contributed by atoms with Crippen molar-refractivity contribution in [3.05, 3.63) is 71.3 Å². The molecule has 0 radical (unpaired) electrons. The van der Waals surface area contributed by atoms with Crippen LogP contribution in [0.25, 0.3) is 0 Å². The van der Waals surface area contributed by atoms with Crippen LogP contribution in [0.2, 0.25) is 0 Å². The van der Waals surface area contributed by atoms with E-state index in [-0.39, 0.29) is 11.8 Å². The van der Waals surface area contributed by atoms with E-state index in [9.17, 15) is 8.42 Å². The lowest BCUT2D eigenvalue weighted by atomic mass is 10.1. The molecule has 4 nitrogen and oxygen atoms in total. The summed E-state index contributed by atoms with van der Waals surface area (Å²) in [6.45, 7) is 3.18. The third kappa shape index (κ3) is 3.63. The van der Waals surface area contributed by atoms with Crippen molar-refractivity contribution >= 4 is 10.0 Å². The molecule has 0 aromatic heterocycles. The molecule has 0 amide bonds. The molecule has 0 aliphatic carbocycles. The number of sulfonamides is 1. The molecule has 3 rings (SSSR count). The summed E-state index contributed by atoms with van der Waals surface area (Å²) in [5.74, 6) is 0.0308. The largest absolute Gasteiger partial charge is 0.378 e. The Hall–Kier alpha value is -1.69. The maximum atomic E-state index is 13.0. The molecule has 0 bridgehead atoms. The third-order valence-corrected chi connectivity index (χ3v) is 6.05. The van der Waals surface area contributed by atoms with Gasteiger partial charge in [0.1, 0.15) is 0 Å². The Kier molecular flexibility index (Phi) is 4.80. The van der Waals surface area contributed by atoms with Crippen LogP contribution in [0.4, 0.5) is 0 Å². The number of rotatable bonds is 4. The number of ether oxygens (including phenoxy) is 1. The van der Waals surface area contributed by atoms with Crippen LogP contribution in [-0.4, -0.2) is 32.5 Å². The van der Waals surface area contributed by atoms with E-state index in [1.807, 2.05) is 61.5 Å². The predicted molar refractivity (Wildman–Crippen MR) is 90.5 cm³/mol. The molecule has 2 aromatic carbocycles. The van der Waals surface area contributed by atoms with Crippen molar-refractivity contribution in [3.8, 4) is 0 Å². The molecule has 1 heterocycles. The molecule has 1 unspecified atom stereocenters. The first-order chi connectivity index (χ1) is 11.1. The molecule has 1 fully saturated rings. The zero-order valence-electron chi connectivity index (χ0n) is 13.2. The minimum Gasteiger partial charge on any atom is -0.378 e. The Morgan fingerprint density at radius 2 is 1.78 bits per heavy atom. The second kappa shape index (κ2) is 6.83. The Balaban J connectivity index is 1.89. The summed E-state index contributed by atoms with van der Waals surface area (Å²) >= 11 is 0. The van der Waals surface area contributed by atoms with E-state index in [0.29, 0.717) is 19.8 Å². The van der Waals surface area contributed by atoms with E-state index in [1.54, 1.807) is 4.31 Å². The van der Waals surface area contributed by atoms with Crippen molar-refractivity contribution in [1.82, 2.24) is 4.31 Å². The van der Waals surface area contributed by atoms with Crippen molar-refractivity contribution < 1.29 is 13.2 Å². The minimum atomic E-state index is -3.40. The number of hydrogen-bond donors (Lipinski definition) is 0. The highest BCUT2D eigenvalue weighted by molar-refractivity contribution is 7.88. The summed E-state index contributed by atoms with van der Waals surface area (Å²) in [7, 11) is -3.40. The molecule has 5 heteroatoms. The van der Waals surface area contributed by atoms with Gasteiger partial charge in [0.05, 0.1) is 25.0 Å². The van der Waals surface area contributed by atoms with E-state index in [4.69, 9.17) is 4.74 Å². The van der Waals surface area contributed by atoms with E-state index in [0.717, 1.165) is 16.7 Å². The molecule has 1 aliphatic rings. The molecular weight excluding hydrogens is 310 g/mol. The number of aryl methyl sites for hydroxylation is 1. The summed E-state index contributed by atoms with van der Waals surface area (Å²) in [4.78, 5) is 0. The molecule has 1 saturated heterocycles. The molecule has 1 aliphatic heterocycles. The van der Waals surface area contributed by atoms with Crippen molar-refractivity contribution in [1.29, 1.82) is 0 Å². The van der Waals surface area contributed by atoms with Gasteiger partial charge in [0.25, 0.3) is 0 Å². The third-order valence-electron chi connectivity index (χ3n) is 4.22. The Labute approximate surface area is 137 Å². The van der Waals surface area contributed by atoms with E-state index >= 15 is 0 Å². The van der Waals surface area contributed by atoms with Crippen LogP contribution < -0.4 is 0 Å². The molecule has 1 atom stereocenters. The van der Waals surface area contributed by atoms with Gasteiger partial charge in [-0.05, 0) is 23.6 Å². The second-order valence-electron chi connectivity index (χ2n) is 5.79. The van der Waals surface area contributed by atoms with Crippen molar-refractivity contribution in [2.75, 3.05) is 19.8 Å². The summed E-state index contributed by atoms with van der Waals surface area (Å²) in [5, 5.41) is 0. The Morgan fingerprint density at radius 3 is 2.52 bits per heavy atom. The van der Waals surface area contributed by atoms with Gasteiger partial charge in [-0.25, -0.2) is 8.42 Å². The molecule has 0 saturated carbocycles. The van der Waals surface area contributed by atoms with Crippen molar-refractivity contribution in [2.45, 2.75) is 18.7 Å². The highest BCUT2D eigenvalue weighted by Crippen LogP contribution is 2.28. The van der Waals surface area contributed by atoms with Crippen LogP contribution in [0.3, 0.4) is 0 Å². The average molecular weight is 331 g/mol. The first-order valence-corrected chi connectivity index (χ1v) is 9.35. The lowest BCUT2D eigenvalue weighted by Crippen LogP contribution is -2.43. The lowest BCUT2D eigenvalue weighted by molar-refractivity contribution is 0.0320. The maximum absolute atomic E-state index is 13.0. The Morgan fingerprint density at radius 1 is 1.09 bits per heavy atom. The highest BCUT2D eigenvalue weighted by atomic mass is 32.2. The fraction of sp³-hybridized carbons (Fsp3) is 0.333. The number of nitrogens with zero attached hydrogens (tertiary/aromatic N) is 1. The van der Waals surface area contributed by atoms with Crippen LogP contribution in [0.1, 0.15) is 22.7 Å². The van der Waals surface area contributed by atoms with Gasteiger partial charge in [0.2, 0.25) is 10.0 Å². The second-order valence-corrected chi connectivity index (χ2v) is 7.72. The quantitative estimate of drug-likeness (QED) is 0.865.